The molecule has 1 aliphatic rings. The maximum Gasteiger partial charge on any atom is 0.265 e. The Morgan fingerprint density at radius 1 is 1.29 bits per heavy atom. The van der Waals surface area contributed by atoms with E-state index in [1.54, 1.807) is 24.3 Å². The molecule has 0 saturated carbocycles. The molecule has 0 unspecified atom stereocenters. The van der Waals surface area contributed by atoms with Gasteiger partial charge in [0.25, 0.3) is 5.91 Å². The van der Waals surface area contributed by atoms with E-state index in [4.69, 9.17) is 16.3 Å². The zero-order valence-electron chi connectivity index (χ0n) is 15.8. The van der Waals surface area contributed by atoms with Gasteiger partial charge in [-0.05, 0) is 43.2 Å². The van der Waals surface area contributed by atoms with Crippen LogP contribution >= 0.6 is 11.6 Å². The Balaban J connectivity index is 1.91. The minimum absolute atomic E-state index is 0.0232. The first kappa shape index (κ1) is 20.1. The van der Waals surface area contributed by atoms with Gasteiger partial charge in [0.2, 0.25) is 5.91 Å². The lowest BCUT2D eigenvalue weighted by Crippen LogP contribution is -2.38. The number of rotatable bonds is 6. The summed E-state index contributed by atoms with van der Waals surface area (Å²) in [5.74, 6) is -0.451. The van der Waals surface area contributed by atoms with Gasteiger partial charge in [-0.25, -0.2) is 4.39 Å². The fourth-order valence-electron chi connectivity index (χ4n) is 3.20. The lowest BCUT2D eigenvalue weighted by atomic mass is 10.0. The highest BCUT2D eigenvalue weighted by molar-refractivity contribution is 6.31. The topological polar surface area (TPSA) is 58.6 Å². The van der Waals surface area contributed by atoms with Gasteiger partial charge >= 0.3 is 0 Å². The van der Waals surface area contributed by atoms with Crippen molar-refractivity contribution in [3.63, 3.8) is 0 Å². The van der Waals surface area contributed by atoms with Gasteiger partial charge < -0.3 is 15.0 Å². The second-order valence-corrected chi connectivity index (χ2v) is 7.06. The smallest absolute Gasteiger partial charge is 0.265 e. The summed E-state index contributed by atoms with van der Waals surface area (Å²) in [7, 11) is 0. The zero-order valence-corrected chi connectivity index (χ0v) is 16.6. The summed E-state index contributed by atoms with van der Waals surface area (Å²) in [6, 6.07) is 9.49. The lowest BCUT2D eigenvalue weighted by Gasteiger charge is -2.30. The van der Waals surface area contributed by atoms with Crippen LogP contribution in [0.2, 0.25) is 5.02 Å². The molecule has 0 bridgehead atoms. The van der Waals surface area contributed by atoms with E-state index in [-0.39, 0.29) is 41.5 Å². The summed E-state index contributed by atoms with van der Waals surface area (Å²) in [4.78, 5) is 26.3. The molecule has 2 aromatic rings. The second-order valence-electron chi connectivity index (χ2n) is 6.65. The summed E-state index contributed by atoms with van der Waals surface area (Å²) in [5, 5.41) is 3.13. The van der Waals surface area contributed by atoms with Crippen LogP contribution < -0.4 is 15.0 Å². The molecule has 0 saturated heterocycles. The molecular formula is C21H22ClFN2O3. The maximum absolute atomic E-state index is 14.2. The average Bonchev–Trinajstić information content (AvgIpc) is 2.67. The van der Waals surface area contributed by atoms with Crippen LogP contribution in [-0.2, 0) is 16.1 Å². The van der Waals surface area contributed by atoms with E-state index in [2.05, 4.69) is 5.32 Å². The fraction of sp³-hybridized carbons (Fsp3) is 0.333. The van der Waals surface area contributed by atoms with Gasteiger partial charge in [0.15, 0.2) is 6.61 Å². The van der Waals surface area contributed by atoms with Gasteiger partial charge in [-0.2, -0.15) is 0 Å². The van der Waals surface area contributed by atoms with Crippen molar-refractivity contribution < 1.29 is 18.7 Å². The molecule has 5 nitrogen and oxygen atoms in total. The largest absolute Gasteiger partial charge is 0.482 e. The van der Waals surface area contributed by atoms with E-state index in [1.165, 1.54) is 17.0 Å². The first-order chi connectivity index (χ1) is 13.4. The highest BCUT2D eigenvalue weighted by Crippen LogP contribution is 2.36. The summed E-state index contributed by atoms with van der Waals surface area (Å²) in [6.45, 7) is 3.77. The van der Waals surface area contributed by atoms with Crippen molar-refractivity contribution in [1.82, 2.24) is 0 Å². The number of halogens is 2. The summed E-state index contributed by atoms with van der Waals surface area (Å²) < 4.78 is 19.7. The molecule has 148 valence electrons. The Hall–Kier alpha value is -2.60. The van der Waals surface area contributed by atoms with Crippen molar-refractivity contribution >= 4 is 34.8 Å². The number of hydrogen-bond donors (Lipinski definition) is 1. The Morgan fingerprint density at radius 2 is 2.04 bits per heavy atom. The van der Waals surface area contributed by atoms with Crippen LogP contribution in [0.4, 0.5) is 15.8 Å². The molecule has 7 heteroatoms. The zero-order chi connectivity index (χ0) is 20.3. The number of carbonyl (C=O) groups is 2. The second kappa shape index (κ2) is 8.61. The Labute approximate surface area is 168 Å². The van der Waals surface area contributed by atoms with E-state index in [9.17, 15) is 14.0 Å². The third kappa shape index (κ3) is 4.12. The van der Waals surface area contributed by atoms with Gasteiger partial charge in [-0.15, -0.1) is 0 Å². The molecule has 1 aliphatic heterocycles. The number of carbonyl (C=O) groups excluding carboxylic acids is 2. The Bertz CT molecular complexity index is 879. The predicted octanol–water partition coefficient (Wildman–Crippen LogP) is 4.78. The van der Waals surface area contributed by atoms with Crippen LogP contribution in [0, 0.1) is 11.7 Å². The van der Waals surface area contributed by atoms with E-state index >= 15 is 0 Å². The monoisotopic (exact) mass is 404 g/mol. The van der Waals surface area contributed by atoms with Crippen LogP contribution in [0.5, 0.6) is 5.75 Å². The minimum Gasteiger partial charge on any atom is -0.482 e. The molecule has 2 aromatic carbocycles. The minimum atomic E-state index is -0.480. The fourth-order valence-corrected chi connectivity index (χ4v) is 3.42. The standard InChI is InChI=1S/C21H22ClFN2O3/c1-3-13(4-2)21(27)24-14-8-9-19-18(10-14)25(20(26)12-28-19)11-15-16(22)6-5-7-17(15)23/h5-10,13H,3-4,11-12H2,1-2H3,(H,24,27). The number of ether oxygens (including phenoxy) is 1. The molecule has 0 fully saturated rings. The molecular weight excluding hydrogens is 383 g/mol. The van der Waals surface area contributed by atoms with Crippen molar-refractivity contribution in [2.24, 2.45) is 5.92 Å². The van der Waals surface area contributed by atoms with Gasteiger partial charge in [0, 0.05) is 22.2 Å². The van der Waals surface area contributed by atoms with Crippen LogP contribution in [0.1, 0.15) is 32.3 Å². The number of nitrogens with zero attached hydrogens (tertiary/aromatic N) is 1. The average molecular weight is 405 g/mol. The van der Waals surface area contributed by atoms with Crippen LogP contribution in [0.25, 0.3) is 0 Å². The number of fused-ring (bicyclic) bond motifs is 1. The molecule has 3 rings (SSSR count). The van der Waals surface area contributed by atoms with Crippen molar-refractivity contribution in [3.05, 3.63) is 52.8 Å². The molecule has 1 N–H and O–H groups in total. The van der Waals surface area contributed by atoms with Crippen LogP contribution in [0.15, 0.2) is 36.4 Å². The SMILES string of the molecule is CCC(CC)C(=O)Nc1ccc2c(c1)N(Cc1c(F)cccc1Cl)C(=O)CO2. The molecule has 28 heavy (non-hydrogen) atoms. The molecule has 0 radical (unpaired) electrons. The maximum atomic E-state index is 14.2. The summed E-state index contributed by atoms with van der Waals surface area (Å²) >= 11 is 6.12. The molecule has 2 amide bonds. The number of amides is 2. The van der Waals surface area contributed by atoms with Crippen molar-refractivity contribution in [2.75, 3.05) is 16.8 Å². The predicted molar refractivity (Wildman–Crippen MR) is 107 cm³/mol. The van der Waals surface area contributed by atoms with Crippen molar-refractivity contribution in [1.29, 1.82) is 0 Å². The third-order valence-electron chi connectivity index (χ3n) is 4.90. The van der Waals surface area contributed by atoms with Gasteiger partial charge in [0.1, 0.15) is 11.6 Å². The molecule has 1 heterocycles. The van der Waals surface area contributed by atoms with E-state index in [0.717, 1.165) is 12.8 Å². The Morgan fingerprint density at radius 3 is 2.71 bits per heavy atom. The lowest BCUT2D eigenvalue weighted by molar-refractivity contribution is -0.121. The number of anilines is 2. The first-order valence-electron chi connectivity index (χ1n) is 9.25. The van der Waals surface area contributed by atoms with Gasteiger partial charge in [-0.3, -0.25) is 9.59 Å². The highest BCUT2D eigenvalue weighted by Gasteiger charge is 2.28. The summed E-state index contributed by atoms with van der Waals surface area (Å²) in [6.07, 6.45) is 1.49. The van der Waals surface area contributed by atoms with Crippen LogP contribution in [-0.4, -0.2) is 18.4 Å². The van der Waals surface area contributed by atoms with Gasteiger partial charge in [0.05, 0.1) is 12.2 Å². The number of nitrogens with one attached hydrogen (secondary N) is 1. The van der Waals surface area contributed by atoms with Gasteiger partial charge in [-0.1, -0.05) is 31.5 Å². The first-order valence-corrected chi connectivity index (χ1v) is 9.63. The van der Waals surface area contributed by atoms with Crippen molar-refractivity contribution in [2.45, 2.75) is 33.2 Å². The highest BCUT2D eigenvalue weighted by atomic mass is 35.5. The van der Waals surface area contributed by atoms with Crippen LogP contribution in [0.3, 0.4) is 0 Å². The third-order valence-corrected chi connectivity index (χ3v) is 5.26. The number of hydrogen-bond acceptors (Lipinski definition) is 3. The number of benzene rings is 2. The van der Waals surface area contributed by atoms with Crippen molar-refractivity contribution in [3.8, 4) is 5.75 Å². The Kier molecular flexibility index (Phi) is 6.19. The molecule has 0 aliphatic carbocycles. The van der Waals surface area contributed by atoms with E-state index in [0.29, 0.717) is 17.1 Å². The van der Waals surface area contributed by atoms with E-state index < -0.39 is 5.82 Å². The molecule has 0 spiro atoms. The molecule has 0 aromatic heterocycles. The normalized spacial score (nSPS) is 13.3. The van der Waals surface area contributed by atoms with E-state index in [1.807, 2.05) is 13.8 Å². The summed E-state index contributed by atoms with van der Waals surface area (Å²) in [5.41, 5.74) is 1.26. The quantitative estimate of drug-likeness (QED) is 0.753. The molecule has 0 atom stereocenters.